The number of nitrogens with zero attached hydrogens (tertiary/aromatic N) is 4. The second kappa shape index (κ2) is 8.07. The average Bonchev–Trinajstić information content (AvgIpc) is 3.34. The van der Waals surface area contributed by atoms with E-state index >= 15 is 0 Å². The zero-order valence-corrected chi connectivity index (χ0v) is 16.1. The van der Waals surface area contributed by atoms with Crippen LogP contribution in [-0.2, 0) is 0 Å². The molecule has 2 heterocycles. The van der Waals surface area contributed by atoms with Crippen LogP contribution in [0.5, 0.6) is 0 Å². The van der Waals surface area contributed by atoms with Crippen LogP contribution in [0.2, 0.25) is 0 Å². The Kier molecular flexibility index (Phi) is 5.17. The molecule has 0 saturated carbocycles. The van der Waals surface area contributed by atoms with Crippen LogP contribution in [0.4, 0.5) is 5.69 Å². The summed E-state index contributed by atoms with van der Waals surface area (Å²) in [5.74, 6) is 0.665. The number of para-hydroxylation sites is 1. The summed E-state index contributed by atoms with van der Waals surface area (Å²) in [5.41, 5.74) is 2.16. The van der Waals surface area contributed by atoms with Gasteiger partial charge in [-0.05, 0) is 12.1 Å². The minimum Gasteiger partial charge on any atom is -0.454 e. The number of benzene rings is 2. The van der Waals surface area contributed by atoms with Crippen LogP contribution < -0.4 is 4.80 Å². The maximum absolute atomic E-state index is 11.0. The lowest BCUT2D eigenvalue weighted by atomic mass is 10.2. The van der Waals surface area contributed by atoms with Crippen molar-refractivity contribution >= 4 is 34.2 Å². The number of hydrogen-bond donors (Lipinski definition) is 0. The molecule has 0 radical (unpaired) electrons. The highest BCUT2D eigenvalue weighted by atomic mass is 32.1. The van der Waals surface area contributed by atoms with Crippen LogP contribution in [0, 0.1) is 10.1 Å². The fourth-order valence-electron chi connectivity index (χ4n) is 2.78. The lowest BCUT2D eigenvalue weighted by Crippen LogP contribution is -2.12. The highest BCUT2D eigenvalue weighted by Gasteiger charge is 2.13. The molecule has 0 saturated heterocycles. The smallest absolute Gasteiger partial charge is 0.270 e. The largest absolute Gasteiger partial charge is 0.454 e. The van der Waals surface area contributed by atoms with Gasteiger partial charge in [0.25, 0.3) is 5.69 Å². The zero-order chi connectivity index (χ0) is 20.2. The first-order valence-corrected chi connectivity index (χ1v) is 9.63. The molecule has 0 fully saturated rings. The first-order chi connectivity index (χ1) is 14.2. The minimum absolute atomic E-state index is 0.0124. The van der Waals surface area contributed by atoms with Crippen LogP contribution in [0.15, 0.2) is 87.1 Å². The highest BCUT2D eigenvalue weighted by molar-refractivity contribution is 7.07. The molecule has 8 heteroatoms. The summed E-state index contributed by atoms with van der Waals surface area (Å²) in [7, 11) is 0. The third-order valence-electron chi connectivity index (χ3n) is 4.12. The van der Waals surface area contributed by atoms with Gasteiger partial charge in [-0.15, -0.1) is 17.9 Å². The lowest BCUT2D eigenvalue weighted by molar-refractivity contribution is -0.384. The van der Waals surface area contributed by atoms with Crippen molar-refractivity contribution in [3.05, 3.63) is 93.1 Å². The van der Waals surface area contributed by atoms with Gasteiger partial charge in [-0.3, -0.25) is 15.1 Å². The van der Waals surface area contributed by atoms with Gasteiger partial charge in [0.15, 0.2) is 5.76 Å². The summed E-state index contributed by atoms with van der Waals surface area (Å²) < 4.78 is 7.65. The van der Waals surface area contributed by atoms with E-state index in [-0.39, 0.29) is 5.69 Å². The van der Waals surface area contributed by atoms with Crippen LogP contribution in [0.3, 0.4) is 0 Å². The monoisotopic (exact) mass is 404 g/mol. The molecule has 7 nitrogen and oxygen atoms in total. The highest BCUT2D eigenvalue weighted by Crippen LogP contribution is 2.28. The Balaban J connectivity index is 1.80. The van der Waals surface area contributed by atoms with E-state index in [0.717, 1.165) is 16.7 Å². The van der Waals surface area contributed by atoms with E-state index in [1.807, 2.05) is 35.7 Å². The van der Waals surface area contributed by atoms with Crippen molar-refractivity contribution in [3.8, 4) is 11.5 Å². The average molecular weight is 404 g/mol. The summed E-state index contributed by atoms with van der Waals surface area (Å²) in [6, 6.07) is 16.0. The standard InChI is InChI=1S/C21H16N4O3S/c1-2-10-22-21-24(23-13-15-6-5-8-17(11-15)25(26)27)18(14-29-21)20-12-16-7-3-4-9-19(16)28-20/h2-9,11-14H,1,10H2. The Labute approximate surface area is 169 Å². The Morgan fingerprint density at radius 1 is 1.21 bits per heavy atom. The van der Waals surface area contributed by atoms with Gasteiger partial charge in [0.1, 0.15) is 11.3 Å². The molecule has 0 bridgehead atoms. The lowest BCUT2D eigenvalue weighted by Gasteiger charge is -2.00. The first kappa shape index (κ1) is 18.6. The normalized spacial score (nSPS) is 12.1. The fraction of sp³-hybridized carbons (Fsp3) is 0.0476. The van der Waals surface area contributed by atoms with Crippen molar-refractivity contribution in [3.63, 3.8) is 0 Å². The Morgan fingerprint density at radius 2 is 2.07 bits per heavy atom. The van der Waals surface area contributed by atoms with Crippen molar-refractivity contribution in [2.75, 3.05) is 6.54 Å². The predicted octanol–water partition coefficient (Wildman–Crippen LogP) is 4.84. The minimum atomic E-state index is -0.431. The van der Waals surface area contributed by atoms with Crippen molar-refractivity contribution in [2.45, 2.75) is 0 Å². The Morgan fingerprint density at radius 3 is 2.86 bits per heavy atom. The maximum atomic E-state index is 11.0. The van der Waals surface area contributed by atoms with E-state index in [1.165, 1.54) is 23.5 Å². The van der Waals surface area contributed by atoms with Crippen LogP contribution in [-0.4, -0.2) is 22.4 Å². The topological polar surface area (TPSA) is 85.9 Å². The molecule has 144 valence electrons. The summed E-state index contributed by atoms with van der Waals surface area (Å²) in [5, 5.41) is 18.4. The molecule has 0 atom stereocenters. The van der Waals surface area contributed by atoms with E-state index in [2.05, 4.69) is 16.7 Å². The van der Waals surface area contributed by atoms with Gasteiger partial charge in [-0.2, -0.15) is 5.10 Å². The second-order valence-corrected chi connectivity index (χ2v) is 6.93. The number of aromatic nitrogens is 1. The number of non-ortho nitro benzene ring substituents is 1. The van der Waals surface area contributed by atoms with Gasteiger partial charge in [-0.25, -0.2) is 4.68 Å². The van der Waals surface area contributed by atoms with E-state index in [4.69, 9.17) is 4.42 Å². The van der Waals surface area contributed by atoms with Gasteiger partial charge < -0.3 is 4.42 Å². The molecule has 0 unspecified atom stereocenters. The van der Waals surface area contributed by atoms with Crippen LogP contribution in [0.25, 0.3) is 22.4 Å². The van der Waals surface area contributed by atoms with Crippen molar-refractivity contribution in [1.29, 1.82) is 0 Å². The van der Waals surface area contributed by atoms with Crippen molar-refractivity contribution in [2.24, 2.45) is 10.1 Å². The third kappa shape index (κ3) is 3.92. The summed E-state index contributed by atoms with van der Waals surface area (Å²) >= 11 is 1.43. The van der Waals surface area contributed by atoms with Crippen molar-refractivity contribution in [1.82, 2.24) is 4.68 Å². The van der Waals surface area contributed by atoms with Gasteiger partial charge >= 0.3 is 0 Å². The van der Waals surface area contributed by atoms with Gasteiger partial charge in [0.2, 0.25) is 4.80 Å². The number of nitro benzene ring substituents is 1. The van der Waals surface area contributed by atoms with E-state index < -0.39 is 4.92 Å². The number of thiazole rings is 1. The van der Waals surface area contributed by atoms with E-state index in [9.17, 15) is 10.1 Å². The quantitative estimate of drug-likeness (QED) is 0.199. The van der Waals surface area contributed by atoms with E-state index in [1.54, 1.807) is 29.1 Å². The number of fused-ring (bicyclic) bond motifs is 1. The summed E-state index contributed by atoms with van der Waals surface area (Å²) in [6.45, 7) is 4.15. The molecule has 0 aliphatic heterocycles. The van der Waals surface area contributed by atoms with Crippen LogP contribution >= 0.6 is 11.3 Å². The van der Waals surface area contributed by atoms with E-state index in [0.29, 0.717) is 22.7 Å². The summed E-state index contributed by atoms with van der Waals surface area (Å²) in [6.07, 6.45) is 3.27. The SMILES string of the molecule is C=CCN=c1scc(-c2cc3ccccc3o2)n1N=Cc1cccc([N+](=O)[O-])c1. The maximum Gasteiger partial charge on any atom is 0.270 e. The number of hydrogen-bond acceptors (Lipinski definition) is 6. The molecule has 0 spiro atoms. The molecule has 0 amide bonds. The number of nitro groups is 1. The third-order valence-corrected chi connectivity index (χ3v) is 4.98. The van der Waals surface area contributed by atoms with Gasteiger partial charge in [0.05, 0.1) is 17.7 Å². The molecule has 4 rings (SSSR count). The molecule has 4 aromatic rings. The molecular formula is C21H16N4O3S. The summed E-state index contributed by atoms with van der Waals surface area (Å²) in [4.78, 5) is 15.7. The van der Waals surface area contributed by atoms with Crippen LogP contribution in [0.1, 0.15) is 5.56 Å². The van der Waals surface area contributed by atoms with Crippen molar-refractivity contribution < 1.29 is 9.34 Å². The van der Waals surface area contributed by atoms with Gasteiger partial charge in [-0.1, -0.05) is 36.4 Å². The molecule has 0 N–H and O–H groups in total. The molecule has 0 aliphatic rings. The molecule has 29 heavy (non-hydrogen) atoms. The first-order valence-electron chi connectivity index (χ1n) is 8.75. The molecule has 0 aliphatic carbocycles. The fourth-order valence-corrected chi connectivity index (χ4v) is 3.61. The Bertz CT molecular complexity index is 1260. The molecule has 2 aromatic heterocycles. The second-order valence-electron chi connectivity index (χ2n) is 6.09. The van der Waals surface area contributed by atoms with Gasteiger partial charge in [0, 0.05) is 28.5 Å². The molecule has 2 aromatic carbocycles. The molecular weight excluding hydrogens is 388 g/mol. The Hall–Kier alpha value is -3.78. The number of furan rings is 1. The predicted molar refractivity (Wildman–Crippen MR) is 114 cm³/mol. The number of rotatable bonds is 6. The zero-order valence-electron chi connectivity index (χ0n) is 15.3.